The molecule has 0 saturated carbocycles. The first kappa shape index (κ1) is 15.7. The average molecular weight is 290 g/mol. The van der Waals surface area contributed by atoms with Gasteiger partial charge in [-0.15, -0.1) is 0 Å². The maximum atomic E-state index is 11.8. The van der Waals surface area contributed by atoms with Gasteiger partial charge in [-0.05, 0) is 36.0 Å². The van der Waals surface area contributed by atoms with E-state index in [2.05, 4.69) is 38.2 Å². The maximum absolute atomic E-state index is 11.8. The number of urea groups is 1. The molecule has 21 heavy (non-hydrogen) atoms. The molecule has 0 radical (unpaired) electrons. The molecule has 1 aromatic carbocycles. The fourth-order valence-corrected chi connectivity index (χ4v) is 2.41. The van der Waals surface area contributed by atoms with Gasteiger partial charge in [-0.25, -0.2) is 4.79 Å². The van der Waals surface area contributed by atoms with E-state index < -0.39 is 0 Å². The third kappa shape index (κ3) is 4.66. The predicted molar refractivity (Wildman–Crippen MR) is 84.8 cm³/mol. The van der Waals surface area contributed by atoms with Crippen LogP contribution in [0.5, 0.6) is 5.75 Å². The van der Waals surface area contributed by atoms with E-state index in [0.29, 0.717) is 13.2 Å². The van der Waals surface area contributed by atoms with Gasteiger partial charge in [0, 0.05) is 13.1 Å². The Labute approximate surface area is 127 Å². The van der Waals surface area contributed by atoms with Gasteiger partial charge in [0.05, 0.1) is 6.54 Å². The van der Waals surface area contributed by atoms with Gasteiger partial charge in [0.1, 0.15) is 12.4 Å². The molecule has 4 nitrogen and oxygen atoms in total. The second kappa shape index (κ2) is 6.83. The van der Waals surface area contributed by atoms with E-state index in [0.717, 1.165) is 31.7 Å². The van der Waals surface area contributed by atoms with E-state index in [1.807, 2.05) is 17.0 Å². The van der Waals surface area contributed by atoms with Gasteiger partial charge in [-0.2, -0.15) is 0 Å². The molecule has 1 aliphatic rings. The third-order valence-corrected chi connectivity index (χ3v) is 3.74. The Morgan fingerprint density at radius 2 is 2.00 bits per heavy atom. The van der Waals surface area contributed by atoms with Crippen molar-refractivity contribution in [2.75, 3.05) is 26.2 Å². The normalized spacial score (nSPS) is 15.1. The van der Waals surface area contributed by atoms with Crippen molar-refractivity contribution < 1.29 is 9.53 Å². The van der Waals surface area contributed by atoms with Crippen LogP contribution < -0.4 is 10.1 Å². The second-order valence-electron chi connectivity index (χ2n) is 6.55. The fourth-order valence-electron chi connectivity index (χ4n) is 2.41. The van der Waals surface area contributed by atoms with E-state index in [9.17, 15) is 4.79 Å². The molecule has 1 heterocycles. The van der Waals surface area contributed by atoms with Gasteiger partial charge >= 0.3 is 6.03 Å². The zero-order chi connectivity index (χ0) is 15.3. The zero-order valence-corrected chi connectivity index (χ0v) is 13.3. The molecule has 0 aliphatic carbocycles. The third-order valence-electron chi connectivity index (χ3n) is 3.74. The highest BCUT2D eigenvalue weighted by molar-refractivity contribution is 5.74. The number of carbonyl (C=O) groups is 1. The number of amides is 2. The summed E-state index contributed by atoms with van der Waals surface area (Å²) in [5, 5.41) is 2.90. The van der Waals surface area contributed by atoms with Gasteiger partial charge in [-0.3, -0.25) is 0 Å². The Kier molecular flexibility index (Phi) is 5.10. The van der Waals surface area contributed by atoms with Crippen molar-refractivity contribution >= 4 is 6.03 Å². The monoisotopic (exact) mass is 290 g/mol. The SMILES string of the molecule is CC(C)(C)c1cccc(OCCNC(=O)N2CCCC2)c1. The summed E-state index contributed by atoms with van der Waals surface area (Å²) in [6.45, 7) is 9.33. The molecular weight excluding hydrogens is 264 g/mol. The topological polar surface area (TPSA) is 41.6 Å². The van der Waals surface area contributed by atoms with Gasteiger partial charge in [0.15, 0.2) is 0 Å². The quantitative estimate of drug-likeness (QED) is 0.865. The van der Waals surface area contributed by atoms with E-state index >= 15 is 0 Å². The molecule has 1 aromatic rings. The Balaban J connectivity index is 1.74. The number of rotatable bonds is 4. The van der Waals surface area contributed by atoms with Crippen molar-refractivity contribution in [3.63, 3.8) is 0 Å². The van der Waals surface area contributed by atoms with Gasteiger partial charge in [0.25, 0.3) is 0 Å². The minimum Gasteiger partial charge on any atom is -0.492 e. The molecule has 1 fully saturated rings. The van der Waals surface area contributed by atoms with Crippen LogP contribution in [0.3, 0.4) is 0 Å². The number of ether oxygens (including phenoxy) is 1. The van der Waals surface area contributed by atoms with Gasteiger partial charge in [-0.1, -0.05) is 32.9 Å². The number of nitrogens with zero attached hydrogens (tertiary/aromatic N) is 1. The molecule has 2 rings (SSSR count). The van der Waals surface area contributed by atoms with E-state index in [-0.39, 0.29) is 11.4 Å². The number of hydrogen-bond donors (Lipinski definition) is 1. The highest BCUT2D eigenvalue weighted by Crippen LogP contribution is 2.25. The molecule has 1 saturated heterocycles. The summed E-state index contributed by atoms with van der Waals surface area (Å²) in [6.07, 6.45) is 2.23. The minimum absolute atomic E-state index is 0.0274. The van der Waals surface area contributed by atoms with Gasteiger partial charge in [0.2, 0.25) is 0 Å². The van der Waals surface area contributed by atoms with Crippen LogP contribution in [0.25, 0.3) is 0 Å². The zero-order valence-electron chi connectivity index (χ0n) is 13.3. The lowest BCUT2D eigenvalue weighted by Gasteiger charge is -2.20. The van der Waals surface area contributed by atoms with Crippen molar-refractivity contribution in [2.45, 2.75) is 39.0 Å². The standard InChI is InChI=1S/C17H26N2O2/c1-17(2,3)14-7-6-8-15(13-14)21-12-9-18-16(20)19-10-4-5-11-19/h6-8,13H,4-5,9-12H2,1-3H3,(H,18,20). The summed E-state index contributed by atoms with van der Waals surface area (Å²) in [5.41, 5.74) is 1.37. The van der Waals surface area contributed by atoms with Crippen LogP contribution in [0, 0.1) is 0 Å². The molecule has 4 heteroatoms. The summed E-state index contributed by atoms with van der Waals surface area (Å²) in [6, 6.07) is 8.18. The lowest BCUT2D eigenvalue weighted by Crippen LogP contribution is -2.39. The molecule has 0 unspecified atom stereocenters. The largest absolute Gasteiger partial charge is 0.492 e. The average Bonchev–Trinajstić information content (AvgIpc) is 2.97. The molecule has 0 bridgehead atoms. The van der Waals surface area contributed by atoms with E-state index in [4.69, 9.17) is 4.74 Å². The first-order chi connectivity index (χ1) is 9.97. The molecule has 1 aliphatic heterocycles. The van der Waals surface area contributed by atoms with Crippen molar-refractivity contribution in [3.05, 3.63) is 29.8 Å². The maximum Gasteiger partial charge on any atom is 0.317 e. The Morgan fingerprint density at radius 3 is 2.67 bits per heavy atom. The Hall–Kier alpha value is -1.71. The van der Waals surface area contributed by atoms with Crippen LogP contribution in [0.2, 0.25) is 0 Å². The number of nitrogens with one attached hydrogen (secondary N) is 1. The van der Waals surface area contributed by atoms with Crippen molar-refractivity contribution in [2.24, 2.45) is 0 Å². The van der Waals surface area contributed by atoms with Crippen LogP contribution in [0.15, 0.2) is 24.3 Å². The number of hydrogen-bond acceptors (Lipinski definition) is 2. The highest BCUT2D eigenvalue weighted by Gasteiger charge is 2.17. The molecule has 0 aromatic heterocycles. The predicted octanol–water partition coefficient (Wildman–Crippen LogP) is 3.17. The fraction of sp³-hybridized carbons (Fsp3) is 0.588. The van der Waals surface area contributed by atoms with Crippen molar-refractivity contribution in [3.8, 4) is 5.75 Å². The highest BCUT2D eigenvalue weighted by atomic mass is 16.5. The first-order valence-corrected chi connectivity index (χ1v) is 7.73. The molecule has 2 amide bonds. The van der Waals surface area contributed by atoms with Crippen LogP contribution >= 0.6 is 0 Å². The molecule has 116 valence electrons. The summed E-state index contributed by atoms with van der Waals surface area (Å²) < 4.78 is 5.72. The number of carbonyl (C=O) groups excluding carboxylic acids is 1. The molecule has 0 atom stereocenters. The Morgan fingerprint density at radius 1 is 1.29 bits per heavy atom. The molecule has 1 N–H and O–H groups in total. The van der Waals surface area contributed by atoms with Crippen molar-refractivity contribution in [1.29, 1.82) is 0 Å². The van der Waals surface area contributed by atoms with Crippen LogP contribution in [-0.2, 0) is 5.41 Å². The summed E-state index contributed by atoms with van der Waals surface area (Å²) >= 11 is 0. The second-order valence-corrected chi connectivity index (χ2v) is 6.55. The lowest BCUT2D eigenvalue weighted by molar-refractivity contribution is 0.205. The molecule has 0 spiro atoms. The van der Waals surface area contributed by atoms with Gasteiger partial charge < -0.3 is 15.0 Å². The lowest BCUT2D eigenvalue weighted by atomic mass is 9.87. The number of benzene rings is 1. The van der Waals surface area contributed by atoms with Crippen LogP contribution in [-0.4, -0.2) is 37.2 Å². The van der Waals surface area contributed by atoms with Crippen molar-refractivity contribution in [1.82, 2.24) is 10.2 Å². The van der Waals surface area contributed by atoms with E-state index in [1.165, 1.54) is 5.56 Å². The van der Waals surface area contributed by atoms with Crippen LogP contribution in [0.1, 0.15) is 39.2 Å². The summed E-state index contributed by atoms with van der Waals surface area (Å²) in [4.78, 5) is 13.7. The first-order valence-electron chi connectivity index (χ1n) is 7.73. The van der Waals surface area contributed by atoms with E-state index in [1.54, 1.807) is 0 Å². The molecular formula is C17H26N2O2. The van der Waals surface area contributed by atoms with Crippen LogP contribution in [0.4, 0.5) is 4.79 Å². The minimum atomic E-state index is 0.0274. The Bertz CT molecular complexity index is 474. The summed E-state index contributed by atoms with van der Waals surface area (Å²) in [7, 11) is 0. The summed E-state index contributed by atoms with van der Waals surface area (Å²) in [5.74, 6) is 0.859. The number of likely N-dealkylation sites (tertiary alicyclic amines) is 1. The smallest absolute Gasteiger partial charge is 0.317 e.